The summed E-state index contributed by atoms with van der Waals surface area (Å²) in [4.78, 5) is 18.5. The van der Waals surface area contributed by atoms with Gasteiger partial charge in [0.05, 0.1) is 6.10 Å². The fourth-order valence-electron chi connectivity index (χ4n) is 3.97. The lowest BCUT2D eigenvalue weighted by Gasteiger charge is -2.40. The van der Waals surface area contributed by atoms with Gasteiger partial charge in [0.25, 0.3) is 0 Å². The number of carbonyl (C=O) groups excluding carboxylic acids is 1. The Morgan fingerprint density at radius 3 is 2.64 bits per heavy atom. The Morgan fingerprint density at radius 2 is 1.96 bits per heavy atom. The second-order valence-electron chi connectivity index (χ2n) is 7.41. The van der Waals surface area contributed by atoms with Crippen LogP contribution in [0.4, 0.5) is 0 Å². The summed E-state index contributed by atoms with van der Waals surface area (Å²) in [6.07, 6.45) is 2.40. The highest BCUT2D eigenvalue weighted by Gasteiger charge is 2.26. The first-order chi connectivity index (χ1) is 12.1. The average molecular weight is 345 g/mol. The van der Waals surface area contributed by atoms with Gasteiger partial charge in [-0.1, -0.05) is 30.3 Å². The number of piperazine rings is 1. The first-order valence-electron chi connectivity index (χ1n) is 9.60. The van der Waals surface area contributed by atoms with Crippen molar-refractivity contribution >= 4 is 5.91 Å². The first kappa shape index (κ1) is 18.4. The van der Waals surface area contributed by atoms with Crippen LogP contribution < -0.4 is 0 Å². The lowest BCUT2D eigenvalue weighted by atomic mass is 10.1. The molecule has 2 fully saturated rings. The molecule has 3 rings (SSSR count). The molecule has 1 aromatic rings. The van der Waals surface area contributed by atoms with Gasteiger partial charge in [-0.05, 0) is 31.9 Å². The van der Waals surface area contributed by atoms with Crippen LogP contribution in [0.1, 0.15) is 37.9 Å². The molecule has 0 radical (unpaired) electrons. The lowest BCUT2D eigenvalue weighted by Crippen LogP contribution is -2.53. The third-order valence-electron chi connectivity index (χ3n) is 5.51. The van der Waals surface area contributed by atoms with E-state index in [-0.39, 0.29) is 0 Å². The van der Waals surface area contributed by atoms with Gasteiger partial charge >= 0.3 is 0 Å². The molecule has 2 aliphatic rings. The van der Waals surface area contributed by atoms with Crippen LogP contribution in [0, 0.1) is 0 Å². The molecule has 25 heavy (non-hydrogen) atoms. The van der Waals surface area contributed by atoms with Crippen molar-refractivity contribution in [2.45, 2.75) is 38.3 Å². The summed E-state index contributed by atoms with van der Waals surface area (Å²) in [5.74, 6) is 0.327. The number of rotatable bonds is 7. The fraction of sp³-hybridized carbons (Fsp3) is 0.650. The minimum atomic E-state index is -0.420. The van der Waals surface area contributed by atoms with Crippen molar-refractivity contribution in [3.8, 4) is 0 Å². The summed E-state index contributed by atoms with van der Waals surface area (Å²) >= 11 is 0. The molecule has 0 aromatic heterocycles. The maximum atomic E-state index is 11.7. The van der Waals surface area contributed by atoms with Gasteiger partial charge in [0.2, 0.25) is 5.91 Å². The highest BCUT2D eigenvalue weighted by Crippen LogP contribution is 2.18. The van der Waals surface area contributed by atoms with Gasteiger partial charge in [0.15, 0.2) is 0 Å². The molecule has 1 aromatic carbocycles. The number of amides is 1. The molecule has 0 saturated carbocycles. The van der Waals surface area contributed by atoms with E-state index in [1.165, 1.54) is 0 Å². The molecule has 2 atom stereocenters. The fourth-order valence-corrected chi connectivity index (χ4v) is 3.97. The summed E-state index contributed by atoms with van der Waals surface area (Å²) < 4.78 is 0. The van der Waals surface area contributed by atoms with Gasteiger partial charge < -0.3 is 14.9 Å². The van der Waals surface area contributed by atoms with Crippen molar-refractivity contribution in [1.82, 2.24) is 14.7 Å². The zero-order chi connectivity index (χ0) is 17.6. The second kappa shape index (κ2) is 8.79. The molecule has 138 valence electrons. The van der Waals surface area contributed by atoms with E-state index in [1.54, 1.807) is 0 Å². The van der Waals surface area contributed by atoms with Gasteiger partial charge in [0.1, 0.15) is 0 Å². The van der Waals surface area contributed by atoms with E-state index in [0.717, 1.165) is 64.1 Å². The molecule has 0 bridgehead atoms. The van der Waals surface area contributed by atoms with Crippen molar-refractivity contribution in [3.05, 3.63) is 35.9 Å². The Hall–Kier alpha value is -1.43. The lowest BCUT2D eigenvalue weighted by molar-refractivity contribution is -0.127. The van der Waals surface area contributed by atoms with E-state index in [9.17, 15) is 9.90 Å². The van der Waals surface area contributed by atoms with Crippen molar-refractivity contribution in [2.24, 2.45) is 0 Å². The van der Waals surface area contributed by atoms with E-state index in [0.29, 0.717) is 18.5 Å². The number of nitrogens with zero attached hydrogens (tertiary/aromatic N) is 3. The molecule has 5 nitrogen and oxygen atoms in total. The quantitative estimate of drug-likeness (QED) is 0.818. The SMILES string of the molecule is C[C@H]1CN(CCCN2CCCC2=O)CCN1C[C@@H](O)c1ccccc1. The van der Waals surface area contributed by atoms with Crippen molar-refractivity contribution in [2.75, 3.05) is 45.8 Å². The molecule has 1 amide bonds. The standard InChI is InChI=1S/C20H31N3O2/c1-17-15-21(10-6-12-22-11-5-9-20(22)25)13-14-23(17)16-19(24)18-7-3-2-4-8-18/h2-4,7-8,17,19,24H,5-6,9-16H2,1H3/t17-,19+/m0/s1. The van der Waals surface area contributed by atoms with Crippen molar-refractivity contribution in [3.63, 3.8) is 0 Å². The highest BCUT2D eigenvalue weighted by molar-refractivity contribution is 5.77. The van der Waals surface area contributed by atoms with Crippen LogP contribution in [0.5, 0.6) is 0 Å². The Bertz CT molecular complexity index is 551. The van der Waals surface area contributed by atoms with Crippen LogP contribution in [0.2, 0.25) is 0 Å². The molecule has 2 aliphatic heterocycles. The van der Waals surface area contributed by atoms with Crippen molar-refractivity contribution in [1.29, 1.82) is 0 Å². The maximum Gasteiger partial charge on any atom is 0.222 e. The normalized spacial score (nSPS) is 24.0. The van der Waals surface area contributed by atoms with Gasteiger partial charge in [0, 0.05) is 51.7 Å². The summed E-state index contributed by atoms with van der Waals surface area (Å²) in [6.45, 7) is 8.92. The number of benzene rings is 1. The molecule has 2 saturated heterocycles. The van der Waals surface area contributed by atoms with Crippen LogP contribution in [0.15, 0.2) is 30.3 Å². The summed E-state index contributed by atoms with van der Waals surface area (Å²) in [7, 11) is 0. The Kier molecular flexibility index (Phi) is 6.45. The zero-order valence-electron chi connectivity index (χ0n) is 15.3. The van der Waals surface area contributed by atoms with E-state index in [2.05, 4.69) is 16.7 Å². The van der Waals surface area contributed by atoms with Crippen LogP contribution in [0.25, 0.3) is 0 Å². The third kappa shape index (κ3) is 5.03. The number of aliphatic hydroxyl groups excluding tert-OH is 1. The number of hydrogen-bond donors (Lipinski definition) is 1. The molecular formula is C20H31N3O2. The Balaban J connectivity index is 1.39. The number of carbonyl (C=O) groups is 1. The van der Waals surface area contributed by atoms with Crippen LogP contribution in [-0.2, 0) is 4.79 Å². The predicted octanol–water partition coefficient (Wildman–Crippen LogP) is 1.74. The molecule has 1 N–H and O–H groups in total. The summed E-state index contributed by atoms with van der Waals surface area (Å²) in [6, 6.07) is 10.4. The summed E-state index contributed by atoms with van der Waals surface area (Å²) in [5, 5.41) is 10.5. The topological polar surface area (TPSA) is 47.0 Å². The monoisotopic (exact) mass is 345 g/mol. The maximum absolute atomic E-state index is 11.7. The summed E-state index contributed by atoms with van der Waals surface area (Å²) in [5.41, 5.74) is 0.993. The molecule has 0 spiro atoms. The number of aliphatic hydroxyl groups is 1. The van der Waals surface area contributed by atoms with E-state index in [1.807, 2.05) is 35.2 Å². The molecule has 2 heterocycles. The van der Waals surface area contributed by atoms with Gasteiger partial charge in [-0.25, -0.2) is 0 Å². The number of likely N-dealkylation sites (tertiary alicyclic amines) is 1. The van der Waals surface area contributed by atoms with E-state index in [4.69, 9.17) is 0 Å². The number of hydrogen-bond acceptors (Lipinski definition) is 4. The van der Waals surface area contributed by atoms with Gasteiger partial charge in [-0.3, -0.25) is 9.69 Å². The van der Waals surface area contributed by atoms with E-state index >= 15 is 0 Å². The van der Waals surface area contributed by atoms with E-state index < -0.39 is 6.10 Å². The zero-order valence-corrected chi connectivity index (χ0v) is 15.3. The molecule has 0 aliphatic carbocycles. The van der Waals surface area contributed by atoms with Crippen LogP contribution in [0.3, 0.4) is 0 Å². The third-order valence-corrected chi connectivity index (χ3v) is 5.51. The highest BCUT2D eigenvalue weighted by atomic mass is 16.3. The first-order valence-corrected chi connectivity index (χ1v) is 9.60. The predicted molar refractivity (Wildman–Crippen MR) is 99.3 cm³/mol. The molecule has 0 unspecified atom stereocenters. The van der Waals surface area contributed by atoms with Gasteiger partial charge in [-0.2, -0.15) is 0 Å². The Labute approximate surface area is 151 Å². The largest absolute Gasteiger partial charge is 0.387 e. The molecular weight excluding hydrogens is 314 g/mol. The molecule has 5 heteroatoms. The van der Waals surface area contributed by atoms with Crippen molar-refractivity contribution < 1.29 is 9.90 Å². The van der Waals surface area contributed by atoms with Crippen LogP contribution >= 0.6 is 0 Å². The van der Waals surface area contributed by atoms with Gasteiger partial charge in [-0.15, -0.1) is 0 Å². The van der Waals surface area contributed by atoms with Crippen LogP contribution in [-0.4, -0.2) is 77.6 Å². The number of β-amino-alcohol motifs (C(OH)–C–C–N with tert-alkyl or cyclic N) is 1. The Morgan fingerprint density at radius 1 is 1.16 bits per heavy atom. The minimum Gasteiger partial charge on any atom is -0.387 e. The second-order valence-corrected chi connectivity index (χ2v) is 7.41. The smallest absolute Gasteiger partial charge is 0.222 e. The average Bonchev–Trinajstić information content (AvgIpc) is 3.03. The minimum absolute atomic E-state index is 0.327.